The molecule has 0 amide bonds. The number of halogens is 3. The van der Waals surface area contributed by atoms with Crippen molar-refractivity contribution in [2.75, 3.05) is 13.1 Å². The Kier molecular flexibility index (Phi) is 11.2. The number of sulfonamides is 1. The van der Waals surface area contributed by atoms with Crippen LogP contribution in [0, 0.1) is 23.4 Å². The van der Waals surface area contributed by atoms with Gasteiger partial charge in [-0.15, -0.1) is 0 Å². The van der Waals surface area contributed by atoms with Crippen molar-refractivity contribution in [2.45, 2.75) is 94.0 Å². The fourth-order valence-corrected chi connectivity index (χ4v) is 9.31. The number of nitrogens with one attached hydrogen (secondary N) is 1. The number of hydrogen-bond acceptors (Lipinski definition) is 6. The lowest BCUT2D eigenvalue weighted by atomic mass is 9.73. The Hall–Kier alpha value is -3.09. The minimum atomic E-state index is -3.96. The third-order valence-electron chi connectivity index (χ3n) is 9.57. The Morgan fingerprint density at radius 3 is 2.19 bits per heavy atom. The Balaban J connectivity index is 1.36. The van der Waals surface area contributed by atoms with E-state index in [1.165, 1.54) is 34.6 Å². The molecular formula is C36H44F3N3O4S. The van der Waals surface area contributed by atoms with Crippen molar-refractivity contribution < 1.29 is 31.1 Å². The highest BCUT2D eigenvalue weighted by Crippen LogP contribution is 2.39. The minimum Gasteiger partial charge on any atom is -0.376 e. The van der Waals surface area contributed by atoms with Crippen molar-refractivity contribution in [3.8, 4) is 0 Å². The first-order chi connectivity index (χ1) is 22.3. The summed E-state index contributed by atoms with van der Waals surface area (Å²) < 4.78 is 77.6. The molecule has 7 nitrogen and oxygen atoms in total. The fraction of sp³-hybridized carbons (Fsp3) is 0.472. The van der Waals surface area contributed by atoms with E-state index in [1.807, 2.05) is 13.8 Å². The van der Waals surface area contributed by atoms with Gasteiger partial charge in [-0.05, 0) is 112 Å². The molecule has 0 bridgehead atoms. The van der Waals surface area contributed by atoms with Crippen LogP contribution in [0.4, 0.5) is 13.2 Å². The largest absolute Gasteiger partial charge is 0.376 e. The van der Waals surface area contributed by atoms with Crippen LogP contribution in [-0.2, 0) is 32.4 Å². The highest BCUT2D eigenvalue weighted by molar-refractivity contribution is 7.89. The van der Waals surface area contributed by atoms with Crippen LogP contribution in [0.3, 0.4) is 0 Å². The molecule has 0 saturated carbocycles. The molecule has 7 atom stereocenters. The number of carbonyl (C=O) groups excluding carboxylic acids is 1. The van der Waals surface area contributed by atoms with E-state index in [0.29, 0.717) is 43.5 Å². The number of piperazine rings is 1. The molecular weight excluding hydrogens is 627 g/mol. The SMILES string of the molecule is C[C@@H]1CC([C@H](c2ccc(F)cc2)[C@H](N)C(=O)Cc2cccc(F)c2CC[C@H]2CNC[C@@H](C)N2S(=O)(=O)c2ccc(F)cc2)C[C@H](C)O1. The Bertz CT molecular complexity index is 1630. The number of Topliss-reactive ketones (excluding diaryl/α,β-unsaturated/α-hetero) is 1. The highest BCUT2D eigenvalue weighted by Gasteiger charge is 2.39. The van der Waals surface area contributed by atoms with Crippen LogP contribution in [0.5, 0.6) is 0 Å². The number of hydrogen-bond donors (Lipinski definition) is 2. The first-order valence-corrected chi connectivity index (χ1v) is 17.7. The predicted octanol–water partition coefficient (Wildman–Crippen LogP) is 5.51. The minimum absolute atomic E-state index is 0.00663. The second kappa shape index (κ2) is 15.0. The number of carbonyl (C=O) groups is 1. The zero-order valence-corrected chi connectivity index (χ0v) is 27.9. The van der Waals surface area contributed by atoms with Gasteiger partial charge in [0, 0.05) is 37.5 Å². The Labute approximate surface area is 275 Å². The van der Waals surface area contributed by atoms with Crippen LogP contribution in [0.15, 0.2) is 71.6 Å². The van der Waals surface area contributed by atoms with Crippen LogP contribution < -0.4 is 11.1 Å². The summed E-state index contributed by atoms with van der Waals surface area (Å²) in [6.45, 7) is 6.58. The molecule has 47 heavy (non-hydrogen) atoms. The van der Waals surface area contributed by atoms with Crippen LogP contribution in [0.2, 0.25) is 0 Å². The first kappa shape index (κ1) is 35.2. The molecule has 254 valence electrons. The van der Waals surface area contributed by atoms with Crippen molar-refractivity contribution in [3.05, 3.63) is 101 Å². The quantitative estimate of drug-likeness (QED) is 0.279. The van der Waals surface area contributed by atoms with Crippen LogP contribution >= 0.6 is 0 Å². The molecule has 2 heterocycles. The number of benzene rings is 3. The maximum absolute atomic E-state index is 15.4. The molecule has 0 aromatic heterocycles. The van der Waals surface area contributed by atoms with Gasteiger partial charge in [-0.1, -0.05) is 24.3 Å². The van der Waals surface area contributed by atoms with E-state index in [4.69, 9.17) is 10.5 Å². The van der Waals surface area contributed by atoms with Crippen molar-refractivity contribution >= 4 is 15.8 Å². The molecule has 3 aromatic rings. The monoisotopic (exact) mass is 671 g/mol. The van der Waals surface area contributed by atoms with Crippen molar-refractivity contribution in [1.82, 2.24) is 9.62 Å². The van der Waals surface area contributed by atoms with E-state index in [1.54, 1.807) is 31.2 Å². The van der Waals surface area contributed by atoms with Gasteiger partial charge in [0.15, 0.2) is 5.78 Å². The van der Waals surface area contributed by atoms with Gasteiger partial charge < -0.3 is 15.8 Å². The normalized spacial score (nSPS) is 25.3. The Morgan fingerprint density at radius 1 is 0.936 bits per heavy atom. The number of nitrogens with two attached hydrogens (primary N) is 1. The molecule has 0 spiro atoms. The van der Waals surface area contributed by atoms with E-state index in [2.05, 4.69) is 5.32 Å². The summed E-state index contributed by atoms with van der Waals surface area (Å²) in [5.74, 6) is -2.00. The summed E-state index contributed by atoms with van der Waals surface area (Å²) in [7, 11) is -3.96. The maximum atomic E-state index is 15.4. The summed E-state index contributed by atoms with van der Waals surface area (Å²) in [5, 5.41) is 3.27. The van der Waals surface area contributed by atoms with E-state index < -0.39 is 33.7 Å². The van der Waals surface area contributed by atoms with E-state index in [-0.39, 0.29) is 59.4 Å². The summed E-state index contributed by atoms with van der Waals surface area (Å²) in [5.41, 5.74) is 8.37. The number of ketones is 1. The average molecular weight is 672 g/mol. The first-order valence-electron chi connectivity index (χ1n) is 16.3. The molecule has 3 N–H and O–H groups in total. The van der Waals surface area contributed by atoms with Crippen LogP contribution in [0.25, 0.3) is 0 Å². The molecule has 0 radical (unpaired) electrons. The summed E-state index contributed by atoms with van der Waals surface area (Å²) in [6, 6.07) is 13.6. The molecule has 2 saturated heterocycles. The number of rotatable bonds is 11. The summed E-state index contributed by atoms with van der Waals surface area (Å²) >= 11 is 0. The van der Waals surface area contributed by atoms with Gasteiger partial charge in [0.1, 0.15) is 17.5 Å². The maximum Gasteiger partial charge on any atom is 0.243 e. The van der Waals surface area contributed by atoms with Gasteiger partial charge in [0.2, 0.25) is 10.0 Å². The standard InChI is InChI=1S/C36H44F3N3O4S/c1-22-20-41-21-30(42(22)47(44,45)31-14-11-29(38)12-15-31)13-16-32-26(5-4-6-33(32)39)19-34(43)36(40)35(25-7-9-28(37)10-8-25)27-17-23(2)46-24(3)18-27/h4-12,14-15,22-24,27,30,35-36,41H,13,16-21,40H2,1-3H3/t22-,23-,24+,27?,30+,35+,36-/m1/s1. The van der Waals surface area contributed by atoms with Gasteiger partial charge in [-0.25, -0.2) is 21.6 Å². The van der Waals surface area contributed by atoms with Crippen LogP contribution in [0.1, 0.15) is 62.6 Å². The molecule has 0 aliphatic carbocycles. The van der Waals surface area contributed by atoms with Gasteiger partial charge in [0.05, 0.1) is 23.1 Å². The lowest BCUT2D eigenvalue weighted by Gasteiger charge is -2.40. The topological polar surface area (TPSA) is 102 Å². The van der Waals surface area contributed by atoms with Crippen LogP contribution in [-0.4, -0.2) is 61.9 Å². The molecule has 1 unspecified atom stereocenters. The number of ether oxygens (including phenoxy) is 1. The van der Waals surface area contributed by atoms with E-state index in [0.717, 1.165) is 17.7 Å². The second-order valence-corrected chi connectivity index (χ2v) is 14.9. The predicted molar refractivity (Wildman–Crippen MR) is 175 cm³/mol. The Morgan fingerprint density at radius 2 is 1.55 bits per heavy atom. The summed E-state index contributed by atoms with van der Waals surface area (Å²) in [4.78, 5) is 13.9. The molecule has 2 fully saturated rings. The van der Waals surface area contributed by atoms with E-state index in [9.17, 15) is 22.0 Å². The van der Waals surface area contributed by atoms with Crippen molar-refractivity contribution in [3.63, 3.8) is 0 Å². The summed E-state index contributed by atoms with van der Waals surface area (Å²) in [6.07, 6.45) is 1.74. The van der Waals surface area contributed by atoms with Gasteiger partial charge in [-0.2, -0.15) is 4.31 Å². The smallest absolute Gasteiger partial charge is 0.243 e. The van der Waals surface area contributed by atoms with E-state index >= 15 is 4.39 Å². The number of nitrogens with zero attached hydrogens (tertiary/aromatic N) is 1. The van der Waals surface area contributed by atoms with Crippen molar-refractivity contribution in [1.29, 1.82) is 0 Å². The second-order valence-electron chi connectivity index (χ2n) is 13.1. The fourth-order valence-electron chi connectivity index (χ4n) is 7.46. The van der Waals surface area contributed by atoms with Gasteiger partial charge >= 0.3 is 0 Å². The molecule has 11 heteroatoms. The van der Waals surface area contributed by atoms with Gasteiger partial charge in [-0.3, -0.25) is 4.79 Å². The molecule has 2 aliphatic heterocycles. The average Bonchev–Trinajstić information content (AvgIpc) is 3.01. The lowest BCUT2D eigenvalue weighted by Crippen LogP contribution is -2.58. The third-order valence-corrected chi connectivity index (χ3v) is 11.6. The zero-order valence-electron chi connectivity index (χ0n) is 27.0. The third kappa shape index (κ3) is 8.14. The molecule has 3 aromatic carbocycles. The highest BCUT2D eigenvalue weighted by atomic mass is 32.2. The lowest BCUT2D eigenvalue weighted by molar-refractivity contribution is -0.121. The molecule has 2 aliphatic rings. The zero-order chi connectivity index (χ0) is 33.9. The molecule has 5 rings (SSSR count). The van der Waals surface area contributed by atoms with Gasteiger partial charge in [0.25, 0.3) is 0 Å². The van der Waals surface area contributed by atoms with Crippen molar-refractivity contribution in [2.24, 2.45) is 11.7 Å².